The minimum absolute atomic E-state index is 0.0616. The highest BCUT2D eigenvalue weighted by Gasteiger charge is 2.18. The summed E-state index contributed by atoms with van der Waals surface area (Å²) in [5.41, 5.74) is 6.35. The Kier molecular flexibility index (Phi) is 6.31. The van der Waals surface area contributed by atoms with Crippen molar-refractivity contribution in [1.29, 1.82) is 0 Å². The van der Waals surface area contributed by atoms with Crippen molar-refractivity contribution >= 4 is 11.6 Å². The molecule has 3 N–H and O–H groups in total. The smallest absolute Gasteiger partial charge is 0.228 e. The maximum Gasteiger partial charge on any atom is 0.228 e. The molecule has 20 heavy (non-hydrogen) atoms. The van der Waals surface area contributed by atoms with Crippen molar-refractivity contribution in [3.8, 4) is 11.5 Å². The summed E-state index contributed by atoms with van der Waals surface area (Å²) in [6.45, 7) is 4.50. The molecular weight excluding hydrogens is 256 g/mol. The summed E-state index contributed by atoms with van der Waals surface area (Å²) in [5, 5.41) is 2.87. The Morgan fingerprint density at radius 3 is 2.40 bits per heavy atom. The van der Waals surface area contributed by atoms with Crippen molar-refractivity contribution in [3.05, 3.63) is 18.2 Å². The molecule has 0 saturated heterocycles. The van der Waals surface area contributed by atoms with Gasteiger partial charge in [0.25, 0.3) is 0 Å². The van der Waals surface area contributed by atoms with Gasteiger partial charge in [-0.2, -0.15) is 0 Å². The molecule has 1 rings (SSSR count). The Bertz CT molecular complexity index is 447. The van der Waals surface area contributed by atoms with Crippen molar-refractivity contribution in [3.63, 3.8) is 0 Å². The number of methoxy groups -OCH3 is 2. The number of rotatable bonds is 7. The third-order valence-corrected chi connectivity index (χ3v) is 3.06. The number of hydrogen-bond donors (Lipinski definition) is 2. The molecule has 1 aromatic carbocycles. The molecular formula is C15H24N2O3. The molecule has 0 aliphatic rings. The monoisotopic (exact) mass is 280 g/mol. The van der Waals surface area contributed by atoms with Gasteiger partial charge in [0.2, 0.25) is 5.91 Å². The first kappa shape index (κ1) is 16.3. The molecule has 0 fully saturated rings. The van der Waals surface area contributed by atoms with Gasteiger partial charge in [0, 0.05) is 18.3 Å². The number of nitrogens with one attached hydrogen (secondary N) is 1. The van der Waals surface area contributed by atoms with E-state index in [1.54, 1.807) is 32.4 Å². The average Bonchev–Trinajstić information content (AvgIpc) is 2.44. The van der Waals surface area contributed by atoms with Crippen LogP contribution in [0.3, 0.4) is 0 Å². The Morgan fingerprint density at radius 1 is 1.25 bits per heavy atom. The minimum Gasteiger partial charge on any atom is -0.493 e. The van der Waals surface area contributed by atoms with Crippen molar-refractivity contribution in [2.75, 3.05) is 26.1 Å². The normalized spacial score (nSPS) is 12.1. The zero-order valence-corrected chi connectivity index (χ0v) is 12.6. The van der Waals surface area contributed by atoms with Crippen LogP contribution in [0.1, 0.15) is 20.3 Å². The molecule has 0 aliphatic heterocycles. The van der Waals surface area contributed by atoms with Gasteiger partial charge in [-0.1, -0.05) is 13.8 Å². The van der Waals surface area contributed by atoms with Gasteiger partial charge in [0.05, 0.1) is 20.1 Å². The van der Waals surface area contributed by atoms with Crippen LogP contribution in [0.2, 0.25) is 0 Å². The summed E-state index contributed by atoms with van der Waals surface area (Å²) in [6.07, 6.45) is 0.773. The molecule has 1 atom stereocenters. The van der Waals surface area contributed by atoms with Crippen LogP contribution in [-0.4, -0.2) is 26.7 Å². The number of nitrogens with two attached hydrogens (primary N) is 1. The topological polar surface area (TPSA) is 73.6 Å². The van der Waals surface area contributed by atoms with E-state index in [1.165, 1.54) is 0 Å². The Balaban J connectivity index is 2.79. The molecule has 112 valence electrons. The summed E-state index contributed by atoms with van der Waals surface area (Å²) < 4.78 is 10.4. The van der Waals surface area contributed by atoms with Crippen LogP contribution in [0.25, 0.3) is 0 Å². The van der Waals surface area contributed by atoms with E-state index >= 15 is 0 Å². The number of carbonyl (C=O) groups excluding carboxylic acids is 1. The van der Waals surface area contributed by atoms with Crippen molar-refractivity contribution in [1.82, 2.24) is 0 Å². The second kappa shape index (κ2) is 7.75. The van der Waals surface area contributed by atoms with Gasteiger partial charge >= 0.3 is 0 Å². The quantitative estimate of drug-likeness (QED) is 0.803. The highest BCUT2D eigenvalue weighted by molar-refractivity contribution is 5.93. The van der Waals surface area contributed by atoms with E-state index in [4.69, 9.17) is 15.2 Å². The van der Waals surface area contributed by atoms with Gasteiger partial charge in [-0.25, -0.2) is 0 Å². The lowest BCUT2D eigenvalue weighted by Crippen LogP contribution is -2.30. The predicted molar refractivity (Wildman–Crippen MR) is 80.2 cm³/mol. The molecule has 1 aromatic rings. The first-order valence-corrected chi connectivity index (χ1v) is 6.74. The van der Waals surface area contributed by atoms with E-state index in [-0.39, 0.29) is 11.8 Å². The number of carbonyl (C=O) groups is 1. The summed E-state index contributed by atoms with van der Waals surface area (Å²) in [5.74, 6) is 1.40. The Morgan fingerprint density at radius 2 is 1.90 bits per heavy atom. The van der Waals surface area contributed by atoms with Crippen LogP contribution in [0.4, 0.5) is 5.69 Å². The highest BCUT2D eigenvalue weighted by Crippen LogP contribution is 2.30. The lowest BCUT2D eigenvalue weighted by Gasteiger charge is -2.17. The van der Waals surface area contributed by atoms with Crippen LogP contribution >= 0.6 is 0 Å². The first-order chi connectivity index (χ1) is 9.51. The average molecular weight is 280 g/mol. The van der Waals surface area contributed by atoms with E-state index in [2.05, 4.69) is 19.2 Å². The van der Waals surface area contributed by atoms with Gasteiger partial charge in [0.15, 0.2) is 11.5 Å². The summed E-state index contributed by atoms with van der Waals surface area (Å²) in [4.78, 5) is 12.2. The largest absolute Gasteiger partial charge is 0.493 e. The summed E-state index contributed by atoms with van der Waals surface area (Å²) >= 11 is 0. The first-order valence-electron chi connectivity index (χ1n) is 6.74. The van der Waals surface area contributed by atoms with E-state index in [0.717, 1.165) is 6.42 Å². The van der Waals surface area contributed by atoms with Crippen molar-refractivity contribution < 1.29 is 14.3 Å². The van der Waals surface area contributed by atoms with Crippen LogP contribution in [0, 0.1) is 11.8 Å². The molecule has 0 radical (unpaired) electrons. The minimum atomic E-state index is -0.178. The number of amides is 1. The van der Waals surface area contributed by atoms with Gasteiger partial charge in [-0.3, -0.25) is 4.79 Å². The van der Waals surface area contributed by atoms with Crippen molar-refractivity contribution in [2.24, 2.45) is 17.6 Å². The second-order valence-corrected chi connectivity index (χ2v) is 5.12. The van der Waals surface area contributed by atoms with Crippen LogP contribution < -0.4 is 20.5 Å². The number of benzene rings is 1. The third kappa shape index (κ3) is 4.42. The summed E-state index contributed by atoms with van der Waals surface area (Å²) in [6, 6.07) is 5.27. The molecule has 1 amide bonds. The molecule has 0 aromatic heterocycles. The van der Waals surface area contributed by atoms with E-state index in [9.17, 15) is 4.79 Å². The zero-order chi connectivity index (χ0) is 15.1. The molecule has 1 unspecified atom stereocenters. The second-order valence-electron chi connectivity index (χ2n) is 5.12. The van der Waals surface area contributed by atoms with E-state index in [0.29, 0.717) is 29.6 Å². The van der Waals surface area contributed by atoms with Gasteiger partial charge < -0.3 is 20.5 Å². The third-order valence-electron chi connectivity index (χ3n) is 3.06. The van der Waals surface area contributed by atoms with Crippen LogP contribution in [0.15, 0.2) is 18.2 Å². The SMILES string of the molecule is COc1ccc(NC(=O)C(CN)CC(C)C)cc1OC. The van der Waals surface area contributed by atoms with E-state index < -0.39 is 0 Å². The van der Waals surface area contributed by atoms with Crippen molar-refractivity contribution in [2.45, 2.75) is 20.3 Å². The molecule has 0 saturated carbocycles. The fourth-order valence-electron chi connectivity index (χ4n) is 2.04. The standard InChI is InChI=1S/C15H24N2O3/c1-10(2)7-11(9-16)15(18)17-12-5-6-13(19-3)14(8-12)20-4/h5-6,8,10-11H,7,9,16H2,1-4H3,(H,17,18). The fourth-order valence-corrected chi connectivity index (χ4v) is 2.04. The highest BCUT2D eigenvalue weighted by atomic mass is 16.5. The van der Waals surface area contributed by atoms with Gasteiger partial charge in [-0.05, 0) is 24.5 Å². The maximum atomic E-state index is 12.2. The van der Waals surface area contributed by atoms with E-state index in [1.807, 2.05) is 0 Å². The molecule has 5 nitrogen and oxygen atoms in total. The lowest BCUT2D eigenvalue weighted by atomic mass is 9.96. The molecule has 0 bridgehead atoms. The van der Waals surface area contributed by atoms with Gasteiger partial charge in [-0.15, -0.1) is 0 Å². The predicted octanol–water partition coefficient (Wildman–Crippen LogP) is 2.26. The molecule has 5 heteroatoms. The Labute approximate surface area is 120 Å². The van der Waals surface area contributed by atoms with Crippen LogP contribution in [0.5, 0.6) is 11.5 Å². The fraction of sp³-hybridized carbons (Fsp3) is 0.533. The molecule has 0 spiro atoms. The molecule has 0 heterocycles. The van der Waals surface area contributed by atoms with Crippen LogP contribution in [-0.2, 0) is 4.79 Å². The lowest BCUT2D eigenvalue weighted by molar-refractivity contribution is -0.120. The molecule has 0 aliphatic carbocycles. The summed E-state index contributed by atoms with van der Waals surface area (Å²) in [7, 11) is 3.13. The number of hydrogen-bond acceptors (Lipinski definition) is 4. The van der Waals surface area contributed by atoms with Gasteiger partial charge in [0.1, 0.15) is 0 Å². The zero-order valence-electron chi connectivity index (χ0n) is 12.6. The maximum absolute atomic E-state index is 12.2. The number of anilines is 1. The number of ether oxygens (including phenoxy) is 2. The Hall–Kier alpha value is -1.75.